The first-order valence-corrected chi connectivity index (χ1v) is 7.53. The highest BCUT2D eigenvalue weighted by atomic mass is 16.4. The number of anilines is 1. The lowest BCUT2D eigenvalue weighted by Crippen LogP contribution is -2.09. The van der Waals surface area contributed by atoms with E-state index in [0.717, 1.165) is 12.5 Å². The van der Waals surface area contributed by atoms with Crippen LogP contribution in [0.3, 0.4) is 0 Å². The van der Waals surface area contributed by atoms with Gasteiger partial charge in [0, 0.05) is 23.6 Å². The van der Waals surface area contributed by atoms with Gasteiger partial charge in [-0.05, 0) is 24.1 Å². The largest absolute Gasteiger partial charge is 0.507 e. The summed E-state index contributed by atoms with van der Waals surface area (Å²) in [5.74, 6) is -1.25. The van der Waals surface area contributed by atoms with Gasteiger partial charge in [0.25, 0.3) is 0 Å². The molecule has 1 saturated carbocycles. The molecule has 24 heavy (non-hydrogen) atoms. The molecule has 1 aliphatic carbocycles. The third kappa shape index (κ3) is 3.27. The van der Waals surface area contributed by atoms with Crippen LogP contribution in [0.4, 0.5) is 5.69 Å². The van der Waals surface area contributed by atoms with E-state index in [0.29, 0.717) is 11.6 Å². The molecule has 6 nitrogen and oxygen atoms in total. The number of hydrogen-bond donors (Lipinski definition) is 5. The van der Waals surface area contributed by atoms with Crippen LogP contribution >= 0.6 is 0 Å². The van der Waals surface area contributed by atoms with E-state index in [1.165, 1.54) is 17.7 Å². The van der Waals surface area contributed by atoms with Crippen molar-refractivity contribution in [2.24, 2.45) is 5.73 Å². The molecule has 1 fully saturated rings. The number of aliphatic carboxylic acids is 1. The minimum absolute atomic E-state index is 0.0998. The third-order valence-electron chi connectivity index (χ3n) is 4.06. The zero-order chi connectivity index (χ0) is 17.3. The quantitative estimate of drug-likeness (QED) is 0.327. The smallest absolute Gasteiger partial charge is 0.351 e. The highest BCUT2D eigenvalue weighted by Crippen LogP contribution is 2.44. The van der Waals surface area contributed by atoms with E-state index in [-0.39, 0.29) is 23.1 Å². The molecule has 0 heterocycles. The van der Waals surface area contributed by atoms with Crippen molar-refractivity contribution >= 4 is 17.7 Å². The molecule has 0 aliphatic heterocycles. The van der Waals surface area contributed by atoms with Gasteiger partial charge in [0.1, 0.15) is 17.2 Å². The number of rotatable bonds is 5. The summed E-state index contributed by atoms with van der Waals surface area (Å²) in [6.45, 7) is 0. The summed E-state index contributed by atoms with van der Waals surface area (Å²) >= 11 is 0. The number of phenolic OH excluding ortho intramolecular Hbond substituents is 2. The van der Waals surface area contributed by atoms with E-state index in [1.54, 1.807) is 0 Å². The van der Waals surface area contributed by atoms with E-state index >= 15 is 0 Å². The van der Waals surface area contributed by atoms with Gasteiger partial charge in [-0.25, -0.2) is 4.79 Å². The standard InChI is InChI=1S/C18H18N2O4/c19-13(18(23)24)6-11-7-15(17(22)9-16(11)21)20-14-8-12(14)10-4-2-1-3-5-10/h1-7,9,12,14,20-22H,8,19H2,(H,23,24). The number of carboxylic acids is 1. The van der Waals surface area contributed by atoms with E-state index in [4.69, 9.17) is 10.8 Å². The summed E-state index contributed by atoms with van der Waals surface area (Å²) in [5.41, 5.74) is 6.88. The Bertz CT molecular complexity index is 802. The minimum atomic E-state index is -1.27. The van der Waals surface area contributed by atoms with Crippen LogP contribution in [0.5, 0.6) is 11.5 Å². The number of aromatic hydroxyl groups is 2. The molecule has 0 spiro atoms. The van der Waals surface area contributed by atoms with Crippen LogP contribution in [-0.2, 0) is 4.79 Å². The molecule has 2 unspecified atom stereocenters. The van der Waals surface area contributed by atoms with Crippen LogP contribution in [-0.4, -0.2) is 27.3 Å². The number of nitrogens with one attached hydrogen (secondary N) is 1. The Labute approximate surface area is 138 Å². The van der Waals surface area contributed by atoms with Gasteiger partial charge < -0.3 is 26.4 Å². The molecule has 2 atom stereocenters. The van der Waals surface area contributed by atoms with Gasteiger partial charge in [-0.2, -0.15) is 0 Å². The zero-order valence-electron chi connectivity index (χ0n) is 12.8. The third-order valence-corrected chi connectivity index (χ3v) is 4.06. The van der Waals surface area contributed by atoms with Gasteiger partial charge >= 0.3 is 5.97 Å². The van der Waals surface area contributed by atoms with Gasteiger partial charge in [0.2, 0.25) is 0 Å². The Morgan fingerprint density at radius 3 is 2.54 bits per heavy atom. The predicted molar refractivity (Wildman–Crippen MR) is 90.8 cm³/mol. The first-order chi connectivity index (χ1) is 11.5. The molecule has 0 aromatic heterocycles. The van der Waals surface area contributed by atoms with Crippen LogP contribution in [0, 0.1) is 0 Å². The number of carboxylic acid groups (broad SMARTS) is 1. The molecular formula is C18H18N2O4. The molecule has 2 aromatic rings. The van der Waals surface area contributed by atoms with Crippen molar-refractivity contribution in [1.82, 2.24) is 0 Å². The molecular weight excluding hydrogens is 308 g/mol. The number of nitrogens with two attached hydrogens (primary N) is 1. The molecule has 1 aliphatic rings. The second-order valence-corrected chi connectivity index (χ2v) is 5.84. The Morgan fingerprint density at radius 2 is 1.88 bits per heavy atom. The Balaban J connectivity index is 1.79. The topological polar surface area (TPSA) is 116 Å². The Hall–Kier alpha value is -3.15. The van der Waals surface area contributed by atoms with Crippen molar-refractivity contribution in [1.29, 1.82) is 0 Å². The molecule has 6 heteroatoms. The summed E-state index contributed by atoms with van der Waals surface area (Å²) in [6.07, 6.45) is 2.09. The summed E-state index contributed by atoms with van der Waals surface area (Å²) in [4.78, 5) is 10.8. The predicted octanol–water partition coefficient (Wildman–Crippen LogP) is 2.45. The summed E-state index contributed by atoms with van der Waals surface area (Å²) in [5, 5.41) is 31.9. The maximum absolute atomic E-state index is 10.8. The number of carbonyl (C=O) groups is 1. The second kappa shape index (κ2) is 6.16. The Morgan fingerprint density at radius 1 is 1.17 bits per heavy atom. The van der Waals surface area contributed by atoms with Crippen molar-refractivity contribution in [3.05, 3.63) is 59.3 Å². The van der Waals surface area contributed by atoms with Gasteiger partial charge in [-0.3, -0.25) is 0 Å². The lowest BCUT2D eigenvalue weighted by Gasteiger charge is -2.11. The minimum Gasteiger partial charge on any atom is -0.507 e. The first kappa shape index (κ1) is 15.7. The fourth-order valence-electron chi connectivity index (χ4n) is 2.68. The van der Waals surface area contributed by atoms with Gasteiger partial charge in [0.15, 0.2) is 0 Å². The molecule has 0 amide bonds. The van der Waals surface area contributed by atoms with E-state index < -0.39 is 11.7 Å². The first-order valence-electron chi connectivity index (χ1n) is 7.53. The highest BCUT2D eigenvalue weighted by molar-refractivity contribution is 5.92. The number of hydrogen-bond acceptors (Lipinski definition) is 5. The average molecular weight is 326 g/mol. The number of phenols is 2. The van der Waals surface area contributed by atoms with Crippen molar-refractivity contribution in [2.75, 3.05) is 5.32 Å². The number of benzene rings is 2. The van der Waals surface area contributed by atoms with E-state index in [9.17, 15) is 15.0 Å². The molecule has 0 bridgehead atoms. The second-order valence-electron chi connectivity index (χ2n) is 5.84. The molecule has 124 valence electrons. The molecule has 0 radical (unpaired) electrons. The fraction of sp³-hybridized carbons (Fsp3) is 0.167. The highest BCUT2D eigenvalue weighted by Gasteiger charge is 2.38. The van der Waals surface area contributed by atoms with Crippen LogP contribution in [0.25, 0.3) is 6.08 Å². The monoisotopic (exact) mass is 326 g/mol. The summed E-state index contributed by atoms with van der Waals surface area (Å²) in [6, 6.07) is 12.9. The van der Waals surface area contributed by atoms with Gasteiger partial charge in [0.05, 0.1) is 5.69 Å². The van der Waals surface area contributed by atoms with Crippen LogP contribution in [0.15, 0.2) is 48.2 Å². The van der Waals surface area contributed by atoms with Gasteiger partial charge in [-0.15, -0.1) is 0 Å². The Kier molecular flexibility index (Phi) is 4.04. The molecule has 2 aromatic carbocycles. The van der Waals surface area contributed by atoms with Crippen LogP contribution in [0.2, 0.25) is 0 Å². The lowest BCUT2D eigenvalue weighted by atomic mass is 10.1. The lowest BCUT2D eigenvalue weighted by molar-refractivity contribution is -0.132. The maximum Gasteiger partial charge on any atom is 0.351 e. The molecule has 3 rings (SSSR count). The average Bonchev–Trinajstić information content (AvgIpc) is 3.32. The van der Waals surface area contributed by atoms with Crippen LogP contribution in [0.1, 0.15) is 23.5 Å². The fourth-order valence-corrected chi connectivity index (χ4v) is 2.68. The summed E-state index contributed by atoms with van der Waals surface area (Å²) < 4.78 is 0. The van der Waals surface area contributed by atoms with Crippen molar-refractivity contribution in [2.45, 2.75) is 18.4 Å². The SMILES string of the molecule is NC(=Cc1cc(NC2CC2c2ccccc2)c(O)cc1O)C(=O)O. The summed E-state index contributed by atoms with van der Waals surface area (Å²) in [7, 11) is 0. The van der Waals surface area contributed by atoms with Crippen molar-refractivity contribution < 1.29 is 20.1 Å². The molecule has 0 saturated heterocycles. The zero-order valence-corrected chi connectivity index (χ0v) is 12.8. The normalized spacial score (nSPS) is 19.8. The van der Waals surface area contributed by atoms with Crippen LogP contribution < -0.4 is 11.1 Å². The van der Waals surface area contributed by atoms with Crippen molar-refractivity contribution in [3.63, 3.8) is 0 Å². The van der Waals surface area contributed by atoms with E-state index in [1.807, 2.05) is 18.2 Å². The van der Waals surface area contributed by atoms with Gasteiger partial charge in [-0.1, -0.05) is 30.3 Å². The molecule has 6 N–H and O–H groups in total. The van der Waals surface area contributed by atoms with Crippen molar-refractivity contribution in [3.8, 4) is 11.5 Å². The van der Waals surface area contributed by atoms with E-state index in [2.05, 4.69) is 17.4 Å². The maximum atomic E-state index is 10.8.